The molecule has 1 aromatic heterocycles. The van der Waals surface area contributed by atoms with Gasteiger partial charge in [-0.25, -0.2) is 0 Å². The summed E-state index contributed by atoms with van der Waals surface area (Å²) in [4.78, 5) is 3.03. The Morgan fingerprint density at radius 2 is 2.09 bits per heavy atom. The van der Waals surface area contributed by atoms with Crippen molar-refractivity contribution in [2.24, 2.45) is 0 Å². The Kier molecular flexibility index (Phi) is 2.66. The second kappa shape index (κ2) is 3.20. The summed E-state index contributed by atoms with van der Waals surface area (Å²) >= 11 is 0. The van der Waals surface area contributed by atoms with E-state index in [9.17, 15) is 0 Å². The molecular formula is C9H15S2+. The van der Waals surface area contributed by atoms with Crippen molar-refractivity contribution in [3.63, 3.8) is 0 Å². The zero-order valence-corrected chi connectivity index (χ0v) is 9.23. The van der Waals surface area contributed by atoms with Crippen LogP contribution in [0.5, 0.6) is 0 Å². The van der Waals surface area contributed by atoms with Crippen molar-refractivity contribution in [3.8, 4) is 0 Å². The van der Waals surface area contributed by atoms with E-state index in [1.54, 1.807) is 0 Å². The molecule has 1 rings (SSSR count). The third-order valence-corrected chi connectivity index (χ3v) is 4.66. The van der Waals surface area contributed by atoms with Crippen LogP contribution in [0.25, 0.3) is 0 Å². The first-order chi connectivity index (χ1) is 5.04. The van der Waals surface area contributed by atoms with Crippen LogP contribution in [0.3, 0.4) is 0 Å². The Labute approximate surface area is 76.3 Å². The minimum absolute atomic E-state index is 0.342. The molecule has 0 amide bonds. The zero-order valence-electron chi connectivity index (χ0n) is 7.60. The molecule has 0 aliphatic carbocycles. The van der Waals surface area contributed by atoms with E-state index in [0.717, 1.165) is 0 Å². The molecule has 0 aromatic carbocycles. The minimum atomic E-state index is 0.342. The third kappa shape index (κ3) is 2.24. The molecule has 0 saturated heterocycles. The van der Waals surface area contributed by atoms with Crippen LogP contribution < -0.4 is 0 Å². The molecule has 0 spiro atoms. The fraction of sp³-hybridized carbons (Fsp3) is 0.667. The maximum absolute atomic E-state index is 2.34. The SMILES string of the molecule is CCc1cc(C(C)(C)C)[s+]s1. The Morgan fingerprint density at radius 1 is 1.45 bits per heavy atom. The molecule has 0 radical (unpaired) electrons. The molecule has 0 unspecified atom stereocenters. The summed E-state index contributed by atoms with van der Waals surface area (Å²) in [6.45, 7) is 9.02. The van der Waals surface area contributed by atoms with Gasteiger partial charge in [0.15, 0.2) is 10.3 Å². The molecule has 62 valence electrons. The predicted octanol–water partition coefficient (Wildman–Crippen LogP) is 3.95. The first kappa shape index (κ1) is 9.14. The fourth-order valence-corrected chi connectivity index (χ4v) is 3.77. The van der Waals surface area contributed by atoms with Crippen molar-refractivity contribution in [1.82, 2.24) is 0 Å². The molecule has 1 heterocycles. The summed E-state index contributed by atoms with van der Waals surface area (Å²) in [7, 11) is 3.84. The maximum Gasteiger partial charge on any atom is 0.295 e. The molecule has 2 heteroatoms. The van der Waals surface area contributed by atoms with Crippen molar-refractivity contribution in [2.45, 2.75) is 39.5 Å². The number of rotatable bonds is 1. The third-order valence-electron chi connectivity index (χ3n) is 1.62. The summed E-state index contributed by atoms with van der Waals surface area (Å²) in [5.74, 6) is 0. The standard InChI is InChI=1S/C9H15S2/c1-5-7-6-8(11-10-7)9(2,3)4/h6H,5H2,1-4H3/q+1. The number of aryl methyl sites for hydroxylation is 1. The number of hydrogen-bond donors (Lipinski definition) is 0. The molecule has 0 nitrogen and oxygen atoms in total. The quantitative estimate of drug-likeness (QED) is 0.461. The van der Waals surface area contributed by atoms with Crippen LogP contribution in [0.15, 0.2) is 6.07 Å². The second-order valence-electron chi connectivity index (χ2n) is 3.75. The van der Waals surface area contributed by atoms with Crippen LogP contribution in [0.1, 0.15) is 37.4 Å². The maximum atomic E-state index is 2.34. The van der Waals surface area contributed by atoms with Crippen molar-refractivity contribution < 1.29 is 0 Å². The van der Waals surface area contributed by atoms with E-state index in [-0.39, 0.29) is 0 Å². The van der Waals surface area contributed by atoms with Crippen molar-refractivity contribution in [3.05, 3.63) is 15.8 Å². The van der Waals surface area contributed by atoms with Crippen LogP contribution in [-0.4, -0.2) is 0 Å². The summed E-state index contributed by atoms with van der Waals surface area (Å²) in [6.07, 6.45) is 1.18. The van der Waals surface area contributed by atoms with Crippen molar-refractivity contribution in [1.29, 1.82) is 0 Å². The lowest BCUT2D eigenvalue weighted by atomic mass is 9.94. The predicted molar refractivity (Wildman–Crippen MR) is 54.7 cm³/mol. The van der Waals surface area contributed by atoms with Crippen molar-refractivity contribution >= 4 is 20.7 Å². The fourth-order valence-electron chi connectivity index (χ4n) is 0.795. The van der Waals surface area contributed by atoms with Gasteiger partial charge in [-0.15, -0.1) is 0 Å². The van der Waals surface area contributed by atoms with Gasteiger partial charge in [0.1, 0.15) is 0 Å². The van der Waals surface area contributed by atoms with Gasteiger partial charge >= 0.3 is 0 Å². The number of hydrogen-bond acceptors (Lipinski definition) is 1. The molecule has 11 heavy (non-hydrogen) atoms. The van der Waals surface area contributed by atoms with Gasteiger partial charge in [-0.05, 0) is 6.42 Å². The van der Waals surface area contributed by atoms with Gasteiger partial charge in [0, 0.05) is 11.5 Å². The largest absolute Gasteiger partial charge is 0.295 e. The van der Waals surface area contributed by atoms with Gasteiger partial charge < -0.3 is 0 Å². The molecule has 1 aromatic rings. The molecule has 0 aliphatic heterocycles. The Bertz CT molecular complexity index is 230. The van der Waals surface area contributed by atoms with Crippen molar-refractivity contribution in [2.75, 3.05) is 0 Å². The Balaban J connectivity index is 2.89. The average molecular weight is 187 g/mol. The monoisotopic (exact) mass is 187 g/mol. The second-order valence-corrected chi connectivity index (χ2v) is 6.04. The highest BCUT2D eigenvalue weighted by molar-refractivity contribution is 7.69. The highest BCUT2D eigenvalue weighted by atomic mass is 32.9. The zero-order chi connectivity index (χ0) is 8.48. The Morgan fingerprint density at radius 3 is 2.36 bits per heavy atom. The minimum Gasteiger partial charge on any atom is -0.0603 e. The van der Waals surface area contributed by atoms with E-state index >= 15 is 0 Å². The smallest absolute Gasteiger partial charge is 0.0603 e. The van der Waals surface area contributed by atoms with E-state index < -0.39 is 0 Å². The van der Waals surface area contributed by atoms with E-state index in [1.165, 1.54) is 16.2 Å². The average Bonchev–Trinajstić information content (AvgIpc) is 2.32. The highest BCUT2D eigenvalue weighted by Gasteiger charge is 2.26. The molecule has 0 fully saturated rings. The van der Waals surface area contributed by atoms with Gasteiger partial charge in [0.25, 0.3) is 10.3 Å². The highest BCUT2D eigenvalue weighted by Crippen LogP contribution is 2.32. The summed E-state index contributed by atoms with van der Waals surface area (Å²) in [6, 6.07) is 2.34. The van der Waals surface area contributed by atoms with Crippen LogP contribution in [0, 0.1) is 0 Å². The summed E-state index contributed by atoms with van der Waals surface area (Å²) in [5.41, 5.74) is 0.342. The van der Waals surface area contributed by atoms with E-state index in [4.69, 9.17) is 0 Å². The van der Waals surface area contributed by atoms with E-state index in [2.05, 4.69) is 33.8 Å². The molecule has 0 atom stereocenters. The summed E-state index contributed by atoms with van der Waals surface area (Å²) < 4.78 is 0. The van der Waals surface area contributed by atoms with Gasteiger partial charge in [-0.3, -0.25) is 0 Å². The molecule has 0 bridgehead atoms. The van der Waals surface area contributed by atoms with Crippen LogP contribution in [0.2, 0.25) is 0 Å². The van der Waals surface area contributed by atoms with Crippen LogP contribution in [0.4, 0.5) is 0 Å². The van der Waals surface area contributed by atoms with E-state index in [0.29, 0.717) is 5.41 Å². The van der Waals surface area contributed by atoms with Gasteiger partial charge in [0.05, 0.1) is 4.88 Å². The van der Waals surface area contributed by atoms with Gasteiger partial charge in [0.2, 0.25) is 4.88 Å². The van der Waals surface area contributed by atoms with E-state index in [1.807, 2.05) is 20.7 Å². The lowest BCUT2D eigenvalue weighted by molar-refractivity contribution is 0.603. The lowest BCUT2D eigenvalue weighted by Gasteiger charge is -2.07. The van der Waals surface area contributed by atoms with Gasteiger partial charge in [-0.2, -0.15) is 0 Å². The molecule has 0 saturated carbocycles. The first-order valence-electron chi connectivity index (χ1n) is 3.96. The first-order valence-corrected chi connectivity index (χ1v) is 6.11. The normalized spacial score (nSPS) is 12.0. The summed E-state index contributed by atoms with van der Waals surface area (Å²) in [5, 5.41) is 0. The molecule has 0 aliphatic rings. The molecule has 0 N–H and O–H groups in total. The lowest BCUT2D eigenvalue weighted by Crippen LogP contribution is -2.07. The van der Waals surface area contributed by atoms with Crippen LogP contribution >= 0.6 is 20.7 Å². The topological polar surface area (TPSA) is 0 Å². The van der Waals surface area contributed by atoms with Gasteiger partial charge in [-0.1, -0.05) is 27.7 Å². The Hall–Kier alpha value is 0.0500. The van der Waals surface area contributed by atoms with Crippen LogP contribution in [-0.2, 0) is 11.8 Å². The molecular weight excluding hydrogens is 172 g/mol.